The molecule has 2 aromatic heterocycles. The number of hydrogen-bond donors (Lipinski definition) is 0. The van der Waals surface area contributed by atoms with Crippen molar-refractivity contribution in [3.05, 3.63) is 231 Å². The lowest BCUT2D eigenvalue weighted by atomic mass is 9.98. The van der Waals surface area contributed by atoms with Crippen molar-refractivity contribution in [1.82, 2.24) is 4.57 Å². The molecule has 0 saturated carbocycles. The van der Waals surface area contributed by atoms with Crippen LogP contribution in [0.25, 0.3) is 93.6 Å². The molecule has 0 unspecified atom stereocenters. The summed E-state index contributed by atoms with van der Waals surface area (Å²) in [6, 6.07) is 82.9. The molecule has 10 aromatic carbocycles. The molecule has 0 radical (unpaired) electrons. The molecule has 0 N–H and O–H groups in total. The van der Waals surface area contributed by atoms with Gasteiger partial charge >= 0.3 is 0 Å². The summed E-state index contributed by atoms with van der Waals surface area (Å²) in [4.78, 5) is 2.38. The van der Waals surface area contributed by atoms with Crippen molar-refractivity contribution in [2.45, 2.75) is 0 Å². The van der Waals surface area contributed by atoms with E-state index >= 15 is 0 Å². The largest absolute Gasteiger partial charge is 0.455 e. The average molecular weight is 779 g/mol. The normalized spacial score (nSPS) is 11.6. The molecule has 12 rings (SSSR count). The van der Waals surface area contributed by atoms with Crippen LogP contribution in [-0.2, 0) is 0 Å². The molecule has 0 amide bonds. The van der Waals surface area contributed by atoms with Crippen molar-refractivity contribution in [2.75, 3.05) is 4.90 Å². The Morgan fingerprint density at radius 2 is 0.918 bits per heavy atom. The molecule has 2 heterocycles. The molecule has 0 aliphatic carbocycles. The molecule has 0 bridgehead atoms. The van der Waals surface area contributed by atoms with Gasteiger partial charge in [0.15, 0.2) is 0 Å². The molecule has 0 aliphatic rings. The Morgan fingerprint density at radius 3 is 1.69 bits per heavy atom. The second-order valence-electron chi connectivity index (χ2n) is 15.7. The molecular weight excluding hydrogens is 741 g/mol. The maximum absolute atomic E-state index is 6.45. The van der Waals surface area contributed by atoms with Crippen molar-refractivity contribution in [3.8, 4) is 39.1 Å². The van der Waals surface area contributed by atoms with Gasteiger partial charge in [0.25, 0.3) is 0 Å². The zero-order valence-corrected chi connectivity index (χ0v) is 33.2. The average Bonchev–Trinajstić information content (AvgIpc) is 3.88. The van der Waals surface area contributed by atoms with Crippen LogP contribution in [0.2, 0.25) is 0 Å². The predicted molar refractivity (Wildman–Crippen MR) is 257 cm³/mol. The van der Waals surface area contributed by atoms with E-state index in [-0.39, 0.29) is 0 Å². The minimum atomic E-state index is 0.903. The third-order valence-electron chi connectivity index (χ3n) is 12.2. The Bertz CT molecular complexity index is 3540. The first-order valence-corrected chi connectivity index (χ1v) is 20.8. The zero-order valence-electron chi connectivity index (χ0n) is 33.2. The highest BCUT2D eigenvalue weighted by molar-refractivity contribution is 6.10. The van der Waals surface area contributed by atoms with Crippen molar-refractivity contribution in [1.29, 1.82) is 0 Å². The molecule has 3 nitrogen and oxygen atoms in total. The van der Waals surface area contributed by atoms with Crippen LogP contribution in [0.3, 0.4) is 0 Å². The number of benzene rings is 10. The van der Waals surface area contributed by atoms with E-state index in [9.17, 15) is 0 Å². The Morgan fingerprint density at radius 1 is 0.344 bits per heavy atom. The van der Waals surface area contributed by atoms with Gasteiger partial charge in [0, 0.05) is 49.7 Å². The van der Waals surface area contributed by atoms with Crippen LogP contribution in [0.15, 0.2) is 235 Å². The summed E-state index contributed by atoms with van der Waals surface area (Å²) in [5, 5.41) is 7.23. The summed E-state index contributed by atoms with van der Waals surface area (Å²) in [5.41, 5.74) is 15.4. The number of anilines is 3. The van der Waals surface area contributed by atoms with Crippen molar-refractivity contribution in [3.63, 3.8) is 0 Å². The fraction of sp³-hybridized carbons (Fsp3) is 0. The standard InChI is InChI=1S/C58H38N2O/c1-2-14-42-37-44(28-27-39(42)13-1)48-17-3-7-23-54(48)59(46-35-31-41(32-36-46)49-21-12-22-53-52-20-6-10-26-57(52)61-58(49)53)45-33-29-40(30-34-45)43-15-11-16-47(38-43)60-55-24-8-4-18-50(55)51-19-5-9-25-56(51)60/h1-38H. The SMILES string of the molecule is c1cc(-c2ccc(N(c3ccc(-c4cccc5c4oc4ccccc45)cc3)c3ccccc3-c3ccc4ccccc4c3)cc2)cc(-n2c3ccccc3c3ccccc32)c1. The van der Waals surface area contributed by atoms with Gasteiger partial charge in [0.1, 0.15) is 11.2 Å². The Kier molecular flexibility index (Phi) is 8.17. The number of hydrogen-bond acceptors (Lipinski definition) is 2. The number of nitrogens with zero attached hydrogens (tertiary/aromatic N) is 2. The molecule has 61 heavy (non-hydrogen) atoms. The lowest BCUT2D eigenvalue weighted by Crippen LogP contribution is -2.11. The van der Waals surface area contributed by atoms with Gasteiger partial charge in [-0.15, -0.1) is 0 Å². The second kappa shape index (κ2) is 14.3. The van der Waals surface area contributed by atoms with Crippen LogP contribution < -0.4 is 4.90 Å². The summed E-state index contributed by atoms with van der Waals surface area (Å²) < 4.78 is 8.83. The van der Waals surface area contributed by atoms with Gasteiger partial charge < -0.3 is 13.9 Å². The van der Waals surface area contributed by atoms with Crippen LogP contribution in [0, 0.1) is 0 Å². The van der Waals surface area contributed by atoms with E-state index in [1.54, 1.807) is 0 Å². The quantitative estimate of drug-likeness (QED) is 0.161. The minimum Gasteiger partial charge on any atom is -0.455 e. The highest BCUT2D eigenvalue weighted by Crippen LogP contribution is 2.43. The van der Waals surface area contributed by atoms with Crippen LogP contribution in [0.5, 0.6) is 0 Å². The topological polar surface area (TPSA) is 21.3 Å². The first kappa shape index (κ1) is 34.9. The molecule has 12 aromatic rings. The summed E-state index contributed by atoms with van der Waals surface area (Å²) in [6.07, 6.45) is 0. The molecule has 0 aliphatic heterocycles. The second-order valence-corrected chi connectivity index (χ2v) is 15.7. The first-order valence-electron chi connectivity index (χ1n) is 20.8. The van der Waals surface area contributed by atoms with Crippen LogP contribution in [0.4, 0.5) is 17.1 Å². The zero-order chi connectivity index (χ0) is 40.3. The van der Waals surface area contributed by atoms with Crippen molar-refractivity contribution in [2.24, 2.45) is 0 Å². The maximum Gasteiger partial charge on any atom is 0.143 e. The van der Waals surface area contributed by atoms with E-state index in [4.69, 9.17) is 4.42 Å². The monoisotopic (exact) mass is 778 g/mol. The van der Waals surface area contributed by atoms with Gasteiger partial charge in [0.2, 0.25) is 0 Å². The fourth-order valence-corrected chi connectivity index (χ4v) is 9.29. The van der Waals surface area contributed by atoms with Crippen LogP contribution in [-0.4, -0.2) is 4.57 Å². The number of fused-ring (bicyclic) bond motifs is 7. The molecule has 0 atom stereocenters. The Labute approximate surface area is 353 Å². The lowest BCUT2D eigenvalue weighted by molar-refractivity contribution is 0.670. The van der Waals surface area contributed by atoms with E-state index < -0.39 is 0 Å². The smallest absolute Gasteiger partial charge is 0.143 e. The predicted octanol–water partition coefficient (Wildman–Crippen LogP) is 16.3. The minimum absolute atomic E-state index is 0.903. The first-order chi connectivity index (χ1) is 30.2. The van der Waals surface area contributed by atoms with E-state index in [0.29, 0.717) is 0 Å². The van der Waals surface area contributed by atoms with Gasteiger partial charge in [-0.1, -0.05) is 164 Å². The van der Waals surface area contributed by atoms with Gasteiger partial charge in [-0.05, 0) is 99.8 Å². The summed E-state index contributed by atoms with van der Waals surface area (Å²) in [5.74, 6) is 0. The Hall–Kier alpha value is -8.14. The van der Waals surface area contributed by atoms with Crippen molar-refractivity contribution >= 4 is 71.6 Å². The van der Waals surface area contributed by atoms with Crippen LogP contribution >= 0.6 is 0 Å². The molecular formula is C58H38N2O. The van der Waals surface area contributed by atoms with E-state index in [0.717, 1.165) is 72.5 Å². The maximum atomic E-state index is 6.45. The van der Waals surface area contributed by atoms with E-state index in [2.05, 4.69) is 228 Å². The van der Waals surface area contributed by atoms with Gasteiger partial charge in [-0.25, -0.2) is 0 Å². The van der Waals surface area contributed by atoms with Crippen molar-refractivity contribution < 1.29 is 4.42 Å². The van der Waals surface area contributed by atoms with Gasteiger partial charge in [-0.2, -0.15) is 0 Å². The third kappa shape index (κ3) is 5.90. The van der Waals surface area contributed by atoms with E-state index in [1.807, 2.05) is 12.1 Å². The third-order valence-corrected chi connectivity index (χ3v) is 12.2. The summed E-state index contributed by atoms with van der Waals surface area (Å²) in [7, 11) is 0. The highest BCUT2D eigenvalue weighted by atomic mass is 16.3. The molecule has 3 heteroatoms. The molecule has 0 fully saturated rings. The fourth-order valence-electron chi connectivity index (χ4n) is 9.29. The number of aromatic nitrogens is 1. The summed E-state index contributed by atoms with van der Waals surface area (Å²) in [6.45, 7) is 0. The van der Waals surface area contributed by atoms with Gasteiger partial charge in [-0.3, -0.25) is 0 Å². The molecule has 0 spiro atoms. The number of furan rings is 1. The van der Waals surface area contributed by atoms with Gasteiger partial charge in [0.05, 0.1) is 16.7 Å². The highest BCUT2D eigenvalue weighted by Gasteiger charge is 2.19. The van der Waals surface area contributed by atoms with E-state index in [1.165, 1.54) is 38.1 Å². The summed E-state index contributed by atoms with van der Waals surface area (Å²) >= 11 is 0. The Balaban J connectivity index is 0.968. The number of para-hydroxylation sites is 5. The lowest BCUT2D eigenvalue weighted by Gasteiger charge is -2.28. The molecule has 286 valence electrons. The van der Waals surface area contributed by atoms with Crippen LogP contribution in [0.1, 0.15) is 0 Å². The number of rotatable bonds is 7. The molecule has 0 saturated heterocycles.